The Labute approximate surface area is 258 Å². The van der Waals surface area contributed by atoms with Gasteiger partial charge >= 0.3 is 0 Å². The number of ether oxygens (including phenoxy) is 1. The first-order chi connectivity index (χ1) is 20.8. The lowest BCUT2D eigenvalue weighted by Crippen LogP contribution is -2.24. The Morgan fingerprint density at radius 3 is 1.86 bits per heavy atom. The quantitative estimate of drug-likeness (QED) is 0.135. The maximum absolute atomic E-state index is 14.3. The Morgan fingerprint density at radius 2 is 1.28 bits per heavy atom. The van der Waals surface area contributed by atoms with E-state index < -0.39 is 0 Å². The third-order valence-electron chi connectivity index (χ3n) is 8.09. The van der Waals surface area contributed by atoms with E-state index in [2.05, 4.69) is 111 Å². The summed E-state index contributed by atoms with van der Waals surface area (Å²) in [6.45, 7) is 5.10. The molecule has 4 heteroatoms. The van der Waals surface area contributed by atoms with Crippen LogP contribution in [0.2, 0.25) is 0 Å². The van der Waals surface area contributed by atoms with Gasteiger partial charge in [0.2, 0.25) is 0 Å². The van der Waals surface area contributed by atoms with Crippen LogP contribution in [-0.4, -0.2) is 14.1 Å². The highest BCUT2D eigenvalue weighted by Gasteiger charge is 2.32. The van der Waals surface area contributed by atoms with Gasteiger partial charge in [0.15, 0.2) is 0 Å². The van der Waals surface area contributed by atoms with Crippen molar-refractivity contribution in [3.8, 4) is 5.75 Å². The Kier molecular flexibility index (Phi) is 9.95. The molecule has 0 aromatic heterocycles. The van der Waals surface area contributed by atoms with Crippen LogP contribution in [0.1, 0.15) is 53.6 Å². The molecule has 0 radical (unpaired) electrons. The van der Waals surface area contributed by atoms with E-state index in [9.17, 15) is 4.39 Å². The van der Waals surface area contributed by atoms with Crippen LogP contribution in [0.3, 0.4) is 0 Å². The second-order valence-corrected chi connectivity index (χ2v) is 13.5. The summed E-state index contributed by atoms with van der Waals surface area (Å²) in [4.78, 5) is 2.01. The summed E-state index contributed by atoms with van der Waals surface area (Å²) >= 11 is 0. The summed E-state index contributed by atoms with van der Waals surface area (Å²) in [5.74, 6) is 0.757. The minimum atomic E-state index is -0.229. The average Bonchev–Trinajstić information content (AvgIpc) is 3.02. The zero-order valence-electron chi connectivity index (χ0n) is 25.6. The van der Waals surface area contributed by atoms with E-state index in [1.54, 1.807) is 12.1 Å². The molecule has 0 aliphatic heterocycles. The van der Waals surface area contributed by atoms with Crippen LogP contribution in [0.5, 0.6) is 5.75 Å². The van der Waals surface area contributed by atoms with Gasteiger partial charge in [0, 0.05) is 36.9 Å². The van der Waals surface area contributed by atoms with Gasteiger partial charge < -0.3 is 9.64 Å². The highest BCUT2D eigenvalue weighted by Crippen LogP contribution is 2.50. The molecule has 5 rings (SSSR count). The van der Waals surface area contributed by atoms with Crippen molar-refractivity contribution in [2.24, 2.45) is 0 Å². The smallest absolute Gasteiger partial charge is 0.127 e. The lowest BCUT2D eigenvalue weighted by molar-refractivity contribution is 0.297. The summed E-state index contributed by atoms with van der Waals surface area (Å²) < 4.78 is 21.2. The first-order valence-corrected chi connectivity index (χ1v) is 16.0. The maximum atomic E-state index is 14.3. The van der Waals surface area contributed by atoms with Crippen molar-refractivity contribution < 1.29 is 9.13 Å². The molecule has 0 saturated heterocycles. The lowest BCUT2D eigenvalue weighted by atomic mass is 9.88. The number of benzene rings is 5. The van der Waals surface area contributed by atoms with Gasteiger partial charge in [0.25, 0.3) is 0 Å². The second kappa shape index (κ2) is 14.0. The summed E-state index contributed by atoms with van der Waals surface area (Å²) in [5.41, 5.74) is 8.29. The van der Waals surface area contributed by atoms with Crippen LogP contribution in [0.15, 0.2) is 121 Å². The van der Waals surface area contributed by atoms with Crippen molar-refractivity contribution in [1.82, 2.24) is 0 Å². The van der Waals surface area contributed by atoms with Crippen molar-refractivity contribution >= 4 is 19.6 Å². The fraction of sp³-hybridized carbons (Fsp3) is 0.231. The first kappa shape index (κ1) is 30.5. The molecule has 0 fully saturated rings. The van der Waals surface area contributed by atoms with E-state index in [-0.39, 0.29) is 11.0 Å². The molecule has 2 unspecified atom stereocenters. The van der Waals surface area contributed by atoms with Crippen LogP contribution < -0.4 is 14.9 Å². The molecule has 0 aliphatic rings. The van der Waals surface area contributed by atoms with Gasteiger partial charge in [-0.15, -0.1) is 0 Å². The van der Waals surface area contributed by atoms with E-state index >= 15 is 0 Å². The molecular weight excluding hydrogens is 548 g/mol. The third-order valence-corrected chi connectivity index (χ3v) is 9.96. The standard InChI is InChI=1S/C39H41FNOP/c1-5-39(2,43-37-22-21-34(40)27-36(37)41(3)4)35-26-32(23-29-15-9-6-10-16-29)25-33(24-30-17-11-7-12-18-30)38(35)42-28-31-19-13-8-14-20-31/h6-22,25-27,43H,5,23-24,28H2,1-4H3. The van der Waals surface area contributed by atoms with Gasteiger partial charge in [-0.25, -0.2) is 4.39 Å². The molecule has 43 heavy (non-hydrogen) atoms. The fourth-order valence-electron chi connectivity index (χ4n) is 5.57. The van der Waals surface area contributed by atoms with E-state index in [1.165, 1.54) is 27.8 Å². The van der Waals surface area contributed by atoms with Crippen molar-refractivity contribution in [2.45, 2.75) is 44.9 Å². The third kappa shape index (κ3) is 7.72. The first-order valence-electron chi connectivity index (χ1n) is 15.0. The number of anilines is 1. The van der Waals surface area contributed by atoms with Gasteiger partial charge in [-0.3, -0.25) is 0 Å². The molecule has 0 aliphatic carbocycles. The Balaban J connectivity index is 1.66. The van der Waals surface area contributed by atoms with Crippen LogP contribution >= 0.6 is 8.58 Å². The van der Waals surface area contributed by atoms with Crippen LogP contribution in [0.25, 0.3) is 0 Å². The van der Waals surface area contributed by atoms with E-state index in [0.717, 1.165) is 41.6 Å². The van der Waals surface area contributed by atoms with Gasteiger partial charge in [-0.1, -0.05) is 126 Å². The molecule has 0 saturated carbocycles. The van der Waals surface area contributed by atoms with Crippen LogP contribution in [-0.2, 0) is 24.6 Å². The van der Waals surface area contributed by atoms with Gasteiger partial charge in [0.05, 0.1) is 0 Å². The molecule has 0 heterocycles. The number of hydrogen-bond acceptors (Lipinski definition) is 2. The monoisotopic (exact) mass is 589 g/mol. The highest BCUT2D eigenvalue weighted by molar-refractivity contribution is 7.49. The number of rotatable bonds is 12. The molecule has 5 aromatic rings. The lowest BCUT2D eigenvalue weighted by Gasteiger charge is -2.34. The van der Waals surface area contributed by atoms with Crippen molar-refractivity contribution in [3.05, 3.63) is 161 Å². The predicted molar refractivity (Wildman–Crippen MR) is 182 cm³/mol. The maximum Gasteiger partial charge on any atom is 0.127 e. The zero-order valence-corrected chi connectivity index (χ0v) is 26.6. The summed E-state index contributed by atoms with van der Waals surface area (Å²) in [7, 11) is 4.39. The molecule has 0 amide bonds. The largest absolute Gasteiger partial charge is 0.488 e. The van der Waals surface area contributed by atoms with E-state index in [4.69, 9.17) is 4.74 Å². The zero-order chi connectivity index (χ0) is 30.2. The van der Waals surface area contributed by atoms with Gasteiger partial charge in [-0.2, -0.15) is 0 Å². The SMILES string of the molecule is CCC(C)(Pc1ccc(F)cc1N(C)C)c1cc(Cc2ccccc2)cc(Cc2ccccc2)c1OCc1ccccc1. The Bertz CT molecular complexity index is 1620. The van der Waals surface area contributed by atoms with Crippen molar-refractivity contribution in [2.75, 3.05) is 19.0 Å². The van der Waals surface area contributed by atoms with Gasteiger partial charge in [-0.05, 0) is 64.2 Å². The van der Waals surface area contributed by atoms with E-state index in [1.807, 2.05) is 31.1 Å². The predicted octanol–water partition coefficient (Wildman–Crippen LogP) is 9.28. The number of nitrogens with zero attached hydrogens (tertiary/aromatic N) is 1. The summed E-state index contributed by atoms with van der Waals surface area (Å²) in [6, 6.07) is 41.6. The highest BCUT2D eigenvalue weighted by atomic mass is 31.1. The van der Waals surface area contributed by atoms with Crippen molar-refractivity contribution in [3.63, 3.8) is 0 Å². The Morgan fingerprint density at radius 1 is 0.698 bits per heavy atom. The fourth-order valence-corrected chi connectivity index (χ4v) is 7.25. The molecule has 2 nitrogen and oxygen atoms in total. The van der Waals surface area contributed by atoms with Crippen LogP contribution in [0.4, 0.5) is 10.1 Å². The normalized spacial score (nSPS) is 12.8. The second-order valence-electron chi connectivity index (χ2n) is 11.6. The molecule has 2 atom stereocenters. The molecule has 5 aromatic carbocycles. The molecule has 0 bridgehead atoms. The number of hydrogen-bond donors (Lipinski definition) is 0. The molecule has 0 N–H and O–H groups in total. The Hall–Kier alpha value is -3.94. The minimum Gasteiger partial charge on any atom is -0.488 e. The minimum absolute atomic E-state index is 0.211. The summed E-state index contributed by atoms with van der Waals surface area (Å²) in [6.07, 6.45) is 2.54. The molecular formula is C39H41FNOP. The number of halogens is 1. The van der Waals surface area contributed by atoms with E-state index in [0.29, 0.717) is 15.2 Å². The average molecular weight is 590 g/mol. The topological polar surface area (TPSA) is 12.5 Å². The van der Waals surface area contributed by atoms with Crippen LogP contribution in [0, 0.1) is 5.82 Å². The van der Waals surface area contributed by atoms with Crippen molar-refractivity contribution in [1.29, 1.82) is 0 Å². The molecule has 220 valence electrons. The summed E-state index contributed by atoms with van der Waals surface area (Å²) in [5, 5.41) is 0.926. The molecule has 0 spiro atoms. The van der Waals surface area contributed by atoms with Gasteiger partial charge in [0.1, 0.15) is 18.2 Å².